The summed E-state index contributed by atoms with van der Waals surface area (Å²) in [6.45, 7) is 7.75. The zero-order valence-corrected chi connectivity index (χ0v) is 16.3. The highest BCUT2D eigenvalue weighted by Gasteiger charge is 2.26. The van der Waals surface area contributed by atoms with Crippen LogP contribution in [0.4, 0.5) is 17.5 Å². The molecule has 0 atom stereocenters. The van der Waals surface area contributed by atoms with Crippen molar-refractivity contribution in [1.82, 2.24) is 19.9 Å². The largest absolute Gasteiger partial charge is 0.354 e. The van der Waals surface area contributed by atoms with Gasteiger partial charge in [0.25, 0.3) is 0 Å². The van der Waals surface area contributed by atoms with Crippen molar-refractivity contribution in [2.24, 2.45) is 0 Å². The Labute approximate surface area is 165 Å². The van der Waals surface area contributed by atoms with Crippen LogP contribution < -0.4 is 14.7 Å². The maximum atomic E-state index is 5.03. The molecule has 144 valence electrons. The zero-order chi connectivity index (χ0) is 18.9. The molecule has 0 radical (unpaired) electrons. The summed E-state index contributed by atoms with van der Waals surface area (Å²) < 4.78 is 0. The second kappa shape index (κ2) is 7.22. The fourth-order valence-corrected chi connectivity index (χ4v) is 4.10. The number of rotatable bonds is 3. The highest BCUT2D eigenvalue weighted by atomic mass is 15.3. The van der Waals surface area contributed by atoms with Gasteiger partial charge in [0.05, 0.1) is 11.0 Å². The summed E-state index contributed by atoms with van der Waals surface area (Å²) in [5.41, 5.74) is 1.94. The van der Waals surface area contributed by atoms with Crippen molar-refractivity contribution in [3.05, 3.63) is 42.4 Å². The van der Waals surface area contributed by atoms with Crippen molar-refractivity contribution in [3.63, 3.8) is 0 Å². The fourth-order valence-electron chi connectivity index (χ4n) is 4.10. The predicted molar refractivity (Wildman–Crippen MR) is 112 cm³/mol. The van der Waals surface area contributed by atoms with Gasteiger partial charge in [-0.25, -0.2) is 19.9 Å². The van der Waals surface area contributed by atoms with Crippen molar-refractivity contribution in [2.45, 2.75) is 19.8 Å². The van der Waals surface area contributed by atoms with Gasteiger partial charge < -0.3 is 14.7 Å². The van der Waals surface area contributed by atoms with Crippen LogP contribution >= 0.6 is 0 Å². The summed E-state index contributed by atoms with van der Waals surface area (Å²) in [6, 6.07) is 10.2. The minimum Gasteiger partial charge on any atom is -0.354 e. The summed E-state index contributed by atoms with van der Waals surface area (Å²) in [5.74, 6) is 3.90. The first-order chi connectivity index (χ1) is 13.8. The Kier molecular flexibility index (Phi) is 4.43. The summed E-state index contributed by atoms with van der Waals surface area (Å²) >= 11 is 0. The Morgan fingerprint density at radius 2 is 1.25 bits per heavy atom. The molecule has 1 aromatic carbocycles. The maximum Gasteiger partial charge on any atom is 0.172 e. The second-order valence-electron chi connectivity index (χ2n) is 7.49. The third-order valence-electron chi connectivity index (χ3n) is 5.60. The van der Waals surface area contributed by atoms with Gasteiger partial charge in [0, 0.05) is 45.5 Å². The van der Waals surface area contributed by atoms with Gasteiger partial charge in [-0.3, -0.25) is 0 Å². The average molecular weight is 375 g/mol. The Morgan fingerprint density at radius 1 is 0.679 bits per heavy atom. The van der Waals surface area contributed by atoms with E-state index in [1.54, 1.807) is 0 Å². The summed E-state index contributed by atoms with van der Waals surface area (Å²) in [4.78, 5) is 25.9. The molecule has 0 aliphatic carbocycles. The molecule has 7 heteroatoms. The third-order valence-corrected chi connectivity index (χ3v) is 5.60. The van der Waals surface area contributed by atoms with Gasteiger partial charge in [-0.15, -0.1) is 0 Å². The molecule has 0 unspecified atom stereocenters. The van der Waals surface area contributed by atoms with E-state index in [0.717, 1.165) is 73.6 Å². The molecule has 3 aromatic rings. The Morgan fingerprint density at radius 3 is 1.86 bits per heavy atom. The van der Waals surface area contributed by atoms with Crippen LogP contribution in [0.15, 0.2) is 36.5 Å². The summed E-state index contributed by atoms with van der Waals surface area (Å²) in [6.07, 6.45) is 4.30. The highest BCUT2D eigenvalue weighted by Crippen LogP contribution is 2.31. The van der Waals surface area contributed by atoms with Crippen LogP contribution in [0, 0.1) is 6.92 Å². The van der Waals surface area contributed by atoms with E-state index in [4.69, 9.17) is 9.97 Å². The van der Waals surface area contributed by atoms with Crippen LogP contribution in [-0.2, 0) is 0 Å². The van der Waals surface area contributed by atoms with Gasteiger partial charge in [0.1, 0.15) is 11.6 Å². The zero-order valence-electron chi connectivity index (χ0n) is 16.3. The van der Waals surface area contributed by atoms with Crippen molar-refractivity contribution < 1.29 is 0 Å². The number of hydrogen-bond acceptors (Lipinski definition) is 7. The Bertz CT molecular complexity index is 975. The normalized spacial score (nSPS) is 17.5. The fraction of sp³-hybridized carbons (Fsp3) is 0.429. The number of aryl methyl sites for hydroxylation is 1. The molecule has 2 aliphatic heterocycles. The second-order valence-corrected chi connectivity index (χ2v) is 7.49. The molecule has 0 amide bonds. The van der Waals surface area contributed by atoms with E-state index in [0.29, 0.717) is 0 Å². The van der Waals surface area contributed by atoms with Crippen LogP contribution in [0.25, 0.3) is 11.0 Å². The van der Waals surface area contributed by atoms with Crippen LogP contribution in [0.5, 0.6) is 0 Å². The first kappa shape index (κ1) is 17.2. The van der Waals surface area contributed by atoms with Gasteiger partial charge >= 0.3 is 0 Å². The SMILES string of the molecule is Cc1nccc(N2CCN(c3nc4ccccc4nc3N3CCCC3)CC2)n1. The lowest BCUT2D eigenvalue weighted by Crippen LogP contribution is -2.47. The predicted octanol–water partition coefficient (Wildman–Crippen LogP) is 2.66. The molecule has 7 nitrogen and oxygen atoms in total. The lowest BCUT2D eigenvalue weighted by atomic mass is 10.2. The number of anilines is 3. The van der Waals surface area contributed by atoms with Crippen molar-refractivity contribution in [3.8, 4) is 0 Å². The number of aromatic nitrogens is 4. The minimum atomic E-state index is 0.816. The smallest absolute Gasteiger partial charge is 0.172 e. The van der Waals surface area contributed by atoms with E-state index in [1.807, 2.05) is 31.3 Å². The van der Waals surface area contributed by atoms with Crippen LogP contribution in [0.1, 0.15) is 18.7 Å². The van der Waals surface area contributed by atoms with Gasteiger partial charge in [0.2, 0.25) is 0 Å². The first-order valence-electron chi connectivity index (χ1n) is 10.1. The number of hydrogen-bond donors (Lipinski definition) is 0. The van der Waals surface area contributed by atoms with Gasteiger partial charge in [-0.1, -0.05) is 12.1 Å². The molecular formula is C21H25N7. The van der Waals surface area contributed by atoms with Crippen molar-refractivity contribution >= 4 is 28.5 Å². The van der Waals surface area contributed by atoms with E-state index in [1.165, 1.54) is 12.8 Å². The molecule has 0 spiro atoms. The number of nitrogens with zero attached hydrogens (tertiary/aromatic N) is 7. The van der Waals surface area contributed by atoms with Gasteiger partial charge in [0.15, 0.2) is 11.6 Å². The first-order valence-corrected chi connectivity index (χ1v) is 10.1. The standard InChI is InChI=1S/C21H25N7/c1-16-22-9-8-19(23-16)26-12-14-28(15-13-26)21-20(27-10-4-5-11-27)24-17-6-2-3-7-18(17)25-21/h2-3,6-9H,4-5,10-15H2,1H3. The molecule has 4 heterocycles. The summed E-state index contributed by atoms with van der Waals surface area (Å²) in [7, 11) is 0. The van der Waals surface area contributed by atoms with Crippen molar-refractivity contribution in [2.75, 3.05) is 54.0 Å². The Balaban J connectivity index is 1.43. The molecule has 2 saturated heterocycles. The van der Waals surface area contributed by atoms with E-state index >= 15 is 0 Å². The topological polar surface area (TPSA) is 61.3 Å². The monoisotopic (exact) mass is 375 g/mol. The number of para-hydroxylation sites is 2. The molecule has 2 aliphatic rings. The molecule has 2 fully saturated rings. The molecule has 0 N–H and O–H groups in total. The quantitative estimate of drug-likeness (QED) is 0.697. The minimum absolute atomic E-state index is 0.816. The molecule has 0 saturated carbocycles. The number of piperazine rings is 1. The molecule has 28 heavy (non-hydrogen) atoms. The van der Waals surface area contributed by atoms with E-state index in [2.05, 4.69) is 36.8 Å². The lowest BCUT2D eigenvalue weighted by Gasteiger charge is -2.37. The van der Waals surface area contributed by atoms with Gasteiger partial charge in [-0.05, 0) is 38.0 Å². The highest BCUT2D eigenvalue weighted by molar-refractivity contribution is 5.81. The van der Waals surface area contributed by atoms with E-state index in [-0.39, 0.29) is 0 Å². The van der Waals surface area contributed by atoms with E-state index < -0.39 is 0 Å². The Hall–Kier alpha value is -2.96. The molecule has 0 bridgehead atoms. The third kappa shape index (κ3) is 3.21. The molecule has 2 aromatic heterocycles. The van der Waals surface area contributed by atoms with Crippen LogP contribution in [0.3, 0.4) is 0 Å². The average Bonchev–Trinajstić information content (AvgIpc) is 3.28. The maximum absolute atomic E-state index is 5.03. The van der Waals surface area contributed by atoms with Crippen LogP contribution in [-0.4, -0.2) is 59.2 Å². The van der Waals surface area contributed by atoms with E-state index in [9.17, 15) is 0 Å². The van der Waals surface area contributed by atoms with Gasteiger partial charge in [-0.2, -0.15) is 0 Å². The number of fused-ring (bicyclic) bond motifs is 1. The molecular weight excluding hydrogens is 350 g/mol. The summed E-state index contributed by atoms with van der Waals surface area (Å²) in [5, 5.41) is 0. The van der Waals surface area contributed by atoms with Crippen LogP contribution in [0.2, 0.25) is 0 Å². The van der Waals surface area contributed by atoms with Crippen molar-refractivity contribution in [1.29, 1.82) is 0 Å². The number of benzene rings is 1. The lowest BCUT2D eigenvalue weighted by molar-refractivity contribution is 0.639. The molecule has 5 rings (SSSR count).